The van der Waals surface area contributed by atoms with Crippen molar-refractivity contribution < 1.29 is 9.53 Å². The fourth-order valence-corrected chi connectivity index (χ4v) is 3.61. The highest BCUT2D eigenvalue weighted by molar-refractivity contribution is 5.85. The Labute approximate surface area is 173 Å². The molecule has 1 aromatic heterocycles. The Hall–Kier alpha value is -1.34. The molecule has 6 nitrogen and oxygen atoms in total. The quantitative estimate of drug-likeness (QED) is 0.782. The molecule has 152 valence electrons. The molecule has 3 N–H and O–H groups in total. The second kappa shape index (κ2) is 9.73. The molecule has 27 heavy (non-hydrogen) atoms. The van der Waals surface area contributed by atoms with Gasteiger partial charge in [-0.3, -0.25) is 4.79 Å². The predicted molar refractivity (Wildman–Crippen MR) is 113 cm³/mol. The van der Waals surface area contributed by atoms with E-state index in [1.54, 1.807) is 0 Å². The van der Waals surface area contributed by atoms with Crippen molar-refractivity contribution in [2.75, 3.05) is 19.8 Å². The third-order valence-corrected chi connectivity index (χ3v) is 5.20. The van der Waals surface area contributed by atoms with Crippen molar-refractivity contribution in [2.24, 2.45) is 11.1 Å². The van der Waals surface area contributed by atoms with Crippen LogP contribution in [-0.2, 0) is 9.53 Å². The zero-order chi connectivity index (χ0) is 18.0. The van der Waals surface area contributed by atoms with Crippen molar-refractivity contribution in [3.05, 3.63) is 30.1 Å². The summed E-state index contributed by atoms with van der Waals surface area (Å²) in [5, 5.41) is 3.16. The third-order valence-electron chi connectivity index (χ3n) is 5.20. The lowest BCUT2D eigenvalue weighted by atomic mass is 9.79. The third kappa shape index (κ3) is 4.57. The molecule has 1 aromatic carbocycles. The van der Waals surface area contributed by atoms with Crippen LogP contribution in [0.4, 0.5) is 0 Å². The van der Waals surface area contributed by atoms with Crippen LogP contribution in [0.15, 0.2) is 24.3 Å². The van der Waals surface area contributed by atoms with Crippen LogP contribution in [0.1, 0.15) is 51.5 Å². The first kappa shape index (κ1) is 23.7. The smallest absolute Gasteiger partial charge is 0.228 e. The van der Waals surface area contributed by atoms with Crippen molar-refractivity contribution in [2.45, 2.75) is 45.7 Å². The van der Waals surface area contributed by atoms with Crippen molar-refractivity contribution in [1.82, 2.24) is 14.9 Å². The van der Waals surface area contributed by atoms with Gasteiger partial charge in [0.05, 0.1) is 22.5 Å². The van der Waals surface area contributed by atoms with Gasteiger partial charge in [0.1, 0.15) is 5.82 Å². The van der Waals surface area contributed by atoms with Crippen LogP contribution in [0.5, 0.6) is 0 Å². The van der Waals surface area contributed by atoms with E-state index in [0.29, 0.717) is 32.6 Å². The summed E-state index contributed by atoms with van der Waals surface area (Å²) in [5.74, 6) is 0.886. The van der Waals surface area contributed by atoms with Gasteiger partial charge in [0, 0.05) is 25.8 Å². The van der Waals surface area contributed by atoms with E-state index >= 15 is 0 Å². The lowest BCUT2D eigenvalue weighted by molar-refractivity contribution is -0.136. The molecule has 0 spiro atoms. The van der Waals surface area contributed by atoms with E-state index in [0.717, 1.165) is 16.9 Å². The van der Waals surface area contributed by atoms with Gasteiger partial charge in [0.2, 0.25) is 5.91 Å². The number of amides is 1. The molecule has 0 aliphatic carbocycles. The maximum atomic E-state index is 12.9. The molecule has 2 aromatic rings. The number of hydrogen-bond acceptors (Lipinski definition) is 4. The number of fused-ring (bicyclic) bond motifs is 1. The topological polar surface area (TPSA) is 82.2 Å². The molecule has 1 unspecified atom stereocenters. The van der Waals surface area contributed by atoms with Gasteiger partial charge in [0.25, 0.3) is 0 Å². The van der Waals surface area contributed by atoms with Gasteiger partial charge in [-0.05, 0) is 45.7 Å². The first-order chi connectivity index (χ1) is 12.0. The number of nitrogens with one attached hydrogen (secondary N) is 1. The molecular formula is C19H30Cl2N4O2. The zero-order valence-electron chi connectivity index (χ0n) is 16.1. The number of nitrogens with two attached hydrogens (primary N) is 1. The highest BCUT2D eigenvalue weighted by Crippen LogP contribution is 2.31. The number of aromatic nitrogens is 2. The van der Waals surface area contributed by atoms with E-state index < -0.39 is 5.41 Å². The Balaban J connectivity index is 0.00000182. The van der Waals surface area contributed by atoms with Gasteiger partial charge >= 0.3 is 0 Å². The monoisotopic (exact) mass is 416 g/mol. The predicted octanol–water partition coefficient (Wildman–Crippen LogP) is 3.39. The van der Waals surface area contributed by atoms with E-state index in [9.17, 15) is 4.79 Å². The van der Waals surface area contributed by atoms with E-state index in [-0.39, 0.29) is 42.8 Å². The van der Waals surface area contributed by atoms with Gasteiger partial charge in [-0.1, -0.05) is 12.1 Å². The molecule has 0 bridgehead atoms. The first-order valence-electron chi connectivity index (χ1n) is 9.04. The van der Waals surface area contributed by atoms with Crippen molar-refractivity contribution in [3.8, 4) is 0 Å². The highest BCUT2D eigenvalue weighted by Gasteiger charge is 2.39. The Morgan fingerprint density at radius 3 is 2.48 bits per heavy atom. The molecule has 2 heterocycles. The van der Waals surface area contributed by atoms with Crippen LogP contribution in [0.25, 0.3) is 11.0 Å². The molecule has 1 saturated heterocycles. The molecule has 1 atom stereocenters. The standard InChI is InChI=1S/C19H28N4O2.2ClH/c1-13(2)23-16-7-5-4-6-15(16)22-17(23)14(3)21-18(24)19(12-20)8-10-25-11-9-19;;/h4-7,13-14H,8-12,20H2,1-3H3,(H,21,24);2*1H. The molecule has 1 amide bonds. The fourth-order valence-electron chi connectivity index (χ4n) is 3.61. The SMILES string of the molecule is CC(NC(=O)C1(CN)CCOCC1)c1nc2ccccc2n1C(C)C.Cl.Cl. The summed E-state index contributed by atoms with van der Waals surface area (Å²) < 4.78 is 7.60. The van der Waals surface area contributed by atoms with E-state index in [2.05, 4.69) is 29.8 Å². The van der Waals surface area contributed by atoms with Gasteiger partial charge < -0.3 is 20.4 Å². The number of imidazole rings is 1. The number of para-hydroxylation sites is 2. The summed E-state index contributed by atoms with van der Waals surface area (Å²) >= 11 is 0. The maximum Gasteiger partial charge on any atom is 0.228 e. The minimum absolute atomic E-state index is 0. The van der Waals surface area contributed by atoms with Crippen LogP contribution < -0.4 is 11.1 Å². The summed E-state index contributed by atoms with van der Waals surface area (Å²) in [6.07, 6.45) is 1.34. The Morgan fingerprint density at radius 2 is 1.89 bits per heavy atom. The van der Waals surface area contributed by atoms with Crippen molar-refractivity contribution in [3.63, 3.8) is 0 Å². The highest BCUT2D eigenvalue weighted by atomic mass is 35.5. The Kier molecular flexibility index (Phi) is 8.54. The normalized spacial score (nSPS) is 17.1. The van der Waals surface area contributed by atoms with Crippen molar-refractivity contribution >= 4 is 41.8 Å². The zero-order valence-corrected chi connectivity index (χ0v) is 17.7. The number of hydrogen-bond donors (Lipinski definition) is 2. The van der Waals surface area contributed by atoms with Crippen LogP contribution in [0.2, 0.25) is 0 Å². The van der Waals surface area contributed by atoms with Crippen LogP contribution in [0, 0.1) is 5.41 Å². The number of nitrogens with zero attached hydrogens (tertiary/aromatic N) is 2. The van der Waals surface area contributed by atoms with E-state index in [1.807, 2.05) is 25.1 Å². The number of halogens is 2. The number of benzene rings is 1. The summed E-state index contributed by atoms with van der Waals surface area (Å²) in [5.41, 5.74) is 7.47. The largest absolute Gasteiger partial charge is 0.381 e. The van der Waals surface area contributed by atoms with Gasteiger partial charge in [0.15, 0.2) is 0 Å². The minimum atomic E-state index is -0.527. The molecule has 8 heteroatoms. The van der Waals surface area contributed by atoms with Crippen LogP contribution in [0.3, 0.4) is 0 Å². The molecular weight excluding hydrogens is 387 g/mol. The molecule has 1 aliphatic heterocycles. The fraction of sp³-hybridized carbons (Fsp3) is 0.579. The molecule has 0 radical (unpaired) electrons. The second-order valence-corrected chi connectivity index (χ2v) is 7.21. The summed E-state index contributed by atoms with van der Waals surface area (Å²) in [6.45, 7) is 7.77. The minimum Gasteiger partial charge on any atom is -0.381 e. The lowest BCUT2D eigenvalue weighted by Gasteiger charge is -2.35. The molecule has 1 aliphatic rings. The average molecular weight is 417 g/mol. The molecule has 0 saturated carbocycles. The molecule has 3 rings (SSSR count). The van der Waals surface area contributed by atoms with E-state index in [4.69, 9.17) is 15.5 Å². The number of carbonyl (C=O) groups excluding carboxylic acids is 1. The second-order valence-electron chi connectivity index (χ2n) is 7.21. The lowest BCUT2D eigenvalue weighted by Crippen LogP contribution is -2.49. The first-order valence-corrected chi connectivity index (χ1v) is 9.04. The number of rotatable bonds is 5. The van der Waals surface area contributed by atoms with Crippen LogP contribution in [-0.4, -0.2) is 35.2 Å². The Bertz CT molecular complexity index is 757. The molecule has 1 fully saturated rings. The van der Waals surface area contributed by atoms with E-state index in [1.165, 1.54) is 0 Å². The number of ether oxygens (including phenoxy) is 1. The Morgan fingerprint density at radius 1 is 1.26 bits per heavy atom. The maximum absolute atomic E-state index is 12.9. The van der Waals surface area contributed by atoms with Gasteiger partial charge in [-0.15, -0.1) is 24.8 Å². The summed E-state index contributed by atoms with van der Waals surface area (Å²) in [6, 6.07) is 8.15. The van der Waals surface area contributed by atoms with Gasteiger partial charge in [-0.2, -0.15) is 0 Å². The van der Waals surface area contributed by atoms with Crippen LogP contribution >= 0.6 is 24.8 Å². The summed E-state index contributed by atoms with van der Waals surface area (Å²) in [7, 11) is 0. The summed E-state index contributed by atoms with van der Waals surface area (Å²) in [4.78, 5) is 17.7. The average Bonchev–Trinajstić information content (AvgIpc) is 3.02. The number of carbonyl (C=O) groups is 1. The van der Waals surface area contributed by atoms with Gasteiger partial charge in [-0.25, -0.2) is 4.98 Å². The van der Waals surface area contributed by atoms with Crippen molar-refractivity contribution in [1.29, 1.82) is 0 Å².